The maximum atomic E-state index is 13.7. The van der Waals surface area contributed by atoms with Gasteiger partial charge in [-0.05, 0) is 51.4 Å². The number of nitrogens with two attached hydrogens (primary N) is 1. The average molecular weight is 580 g/mol. The normalized spacial score (nSPS) is 12.1. The van der Waals surface area contributed by atoms with Gasteiger partial charge in [-0.25, -0.2) is 18.4 Å². The maximum Gasteiger partial charge on any atom is 0.263 e. The molecule has 1 amide bonds. The summed E-state index contributed by atoms with van der Waals surface area (Å²) < 4.78 is 40.7. The summed E-state index contributed by atoms with van der Waals surface area (Å²) in [6.45, 7) is 1.79. The topological polar surface area (TPSA) is 152 Å². The zero-order valence-electron chi connectivity index (χ0n) is 23.5. The SMILES string of the molecule is COc1cc(Nc2nc3ccccc3nc2NS(=O)(=O)c2cccc(N(CC(N)=O)C(C)N(C)C)c2)cc(OC)c1. The van der Waals surface area contributed by atoms with Gasteiger partial charge in [0.1, 0.15) is 11.5 Å². The van der Waals surface area contributed by atoms with Crippen molar-refractivity contribution < 1.29 is 22.7 Å². The number of benzene rings is 3. The van der Waals surface area contributed by atoms with E-state index in [0.29, 0.717) is 33.9 Å². The molecule has 4 N–H and O–H groups in total. The number of carbonyl (C=O) groups excluding carboxylic acids is 1. The summed E-state index contributed by atoms with van der Waals surface area (Å²) in [4.78, 5) is 24.6. The van der Waals surface area contributed by atoms with E-state index >= 15 is 0 Å². The molecule has 0 saturated heterocycles. The van der Waals surface area contributed by atoms with Crippen LogP contribution in [0.15, 0.2) is 71.6 Å². The Kier molecular flexibility index (Phi) is 8.79. The number of ether oxygens (including phenoxy) is 2. The highest BCUT2D eigenvalue weighted by Gasteiger charge is 2.23. The zero-order chi connectivity index (χ0) is 29.7. The summed E-state index contributed by atoms with van der Waals surface area (Å²) in [5.74, 6) is 0.697. The molecular weight excluding hydrogens is 546 g/mol. The third-order valence-corrected chi connectivity index (χ3v) is 7.74. The van der Waals surface area contributed by atoms with E-state index in [4.69, 9.17) is 15.2 Å². The van der Waals surface area contributed by atoms with Crippen molar-refractivity contribution in [2.45, 2.75) is 18.0 Å². The molecule has 0 bridgehead atoms. The first kappa shape index (κ1) is 29.4. The number of methoxy groups -OCH3 is 2. The van der Waals surface area contributed by atoms with Gasteiger partial charge in [0.15, 0.2) is 11.6 Å². The van der Waals surface area contributed by atoms with Gasteiger partial charge in [0.05, 0.1) is 42.9 Å². The van der Waals surface area contributed by atoms with Crippen molar-refractivity contribution in [3.05, 3.63) is 66.7 Å². The van der Waals surface area contributed by atoms with E-state index in [9.17, 15) is 13.2 Å². The van der Waals surface area contributed by atoms with Crippen LogP contribution in [0.3, 0.4) is 0 Å². The predicted molar refractivity (Wildman–Crippen MR) is 159 cm³/mol. The van der Waals surface area contributed by atoms with Crippen LogP contribution >= 0.6 is 0 Å². The van der Waals surface area contributed by atoms with E-state index < -0.39 is 15.9 Å². The van der Waals surface area contributed by atoms with Gasteiger partial charge in [-0.2, -0.15) is 0 Å². The highest BCUT2D eigenvalue weighted by atomic mass is 32.2. The van der Waals surface area contributed by atoms with Crippen molar-refractivity contribution in [3.63, 3.8) is 0 Å². The third kappa shape index (κ3) is 6.94. The molecule has 1 heterocycles. The average Bonchev–Trinajstić information content (AvgIpc) is 2.95. The van der Waals surface area contributed by atoms with Gasteiger partial charge in [0.2, 0.25) is 5.91 Å². The number of nitrogens with zero attached hydrogens (tertiary/aromatic N) is 4. The second-order valence-corrected chi connectivity index (χ2v) is 11.1. The lowest BCUT2D eigenvalue weighted by Crippen LogP contribution is -2.47. The molecule has 0 fully saturated rings. The largest absolute Gasteiger partial charge is 0.497 e. The Morgan fingerprint density at radius 2 is 1.54 bits per heavy atom. The molecule has 41 heavy (non-hydrogen) atoms. The van der Waals surface area contributed by atoms with E-state index in [0.717, 1.165) is 0 Å². The Bertz CT molecular complexity index is 1640. The Morgan fingerprint density at radius 1 is 0.927 bits per heavy atom. The van der Waals surface area contributed by atoms with Crippen molar-refractivity contribution in [2.75, 3.05) is 49.8 Å². The zero-order valence-corrected chi connectivity index (χ0v) is 24.3. The number of anilines is 4. The molecule has 0 aliphatic carbocycles. The van der Waals surface area contributed by atoms with Crippen LogP contribution in [0.25, 0.3) is 11.0 Å². The molecule has 0 aliphatic rings. The number of carbonyl (C=O) groups is 1. The highest BCUT2D eigenvalue weighted by Crippen LogP contribution is 2.32. The quantitative estimate of drug-likeness (QED) is 0.213. The summed E-state index contributed by atoms with van der Waals surface area (Å²) in [7, 11) is 2.62. The standard InChI is InChI=1S/C28H33N7O5S/c1-18(34(2)3)35(17-26(29)36)20-9-8-10-23(15-20)41(37,38)33-28-27(31-24-11-6-7-12-25(24)32-28)30-19-13-21(39-4)16-22(14-19)40-5/h6-16,18H,17H2,1-5H3,(H2,29,36)(H,30,31)(H,32,33). The van der Waals surface area contributed by atoms with Crippen molar-refractivity contribution in [3.8, 4) is 11.5 Å². The number of hydrogen-bond donors (Lipinski definition) is 3. The van der Waals surface area contributed by atoms with Crippen LogP contribution in [0.4, 0.5) is 23.0 Å². The molecule has 0 aliphatic heterocycles. The van der Waals surface area contributed by atoms with E-state index in [2.05, 4.69) is 20.0 Å². The fourth-order valence-electron chi connectivity index (χ4n) is 4.08. The van der Waals surface area contributed by atoms with Gasteiger partial charge in [-0.3, -0.25) is 14.4 Å². The van der Waals surface area contributed by atoms with Crippen LogP contribution in [0.5, 0.6) is 11.5 Å². The van der Waals surface area contributed by atoms with Crippen LogP contribution < -0.4 is 30.1 Å². The Balaban J connectivity index is 1.75. The minimum absolute atomic E-state index is 0.00783. The van der Waals surface area contributed by atoms with Gasteiger partial charge in [-0.15, -0.1) is 0 Å². The summed E-state index contributed by atoms with van der Waals surface area (Å²) in [5.41, 5.74) is 7.62. The maximum absolute atomic E-state index is 13.7. The monoisotopic (exact) mass is 579 g/mol. The molecule has 0 radical (unpaired) electrons. The molecule has 13 heteroatoms. The fraction of sp³-hybridized carbons (Fsp3) is 0.250. The van der Waals surface area contributed by atoms with Crippen molar-refractivity contribution in [1.29, 1.82) is 0 Å². The highest BCUT2D eigenvalue weighted by molar-refractivity contribution is 7.92. The van der Waals surface area contributed by atoms with Crippen molar-refractivity contribution in [2.24, 2.45) is 5.73 Å². The predicted octanol–water partition coefficient (Wildman–Crippen LogP) is 3.39. The molecule has 1 atom stereocenters. The number of fused-ring (bicyclic) bond motifs is 1. The lowest BCUT2D eigenvalue weighted by Gasteiger charge is -2.34. The van der Waals surface area contributed by atoms with Crippen molar-refractivity contribution in [1.82, 2.24) is 14.9 Å². The van der Waals surface area contributed by atoms with E-state index in [1.807, 2.05) is 32.0 Å². The van der Waals surface area contributed by atoms with Crippen LogP contribution in [0, 0.1) is 0 Å². The van der Waals surface area contributed by atoms with Crippen LogP contribution in [-0.2, 0) is 14.8 Å². The lowest BCUT2D eigenvalue weighted by molar-refractivity contribution is -0.116. The van der Waals surface area contributed by atoms with Gasteiger partial charge < -0.3 is 25.4 Å². The summed E-state index contributed by atoms with van der Waals surface area (Å²) in [5, 5.41) is 3.14. The number of amides is 1. The number of sulfonamides is 1. The second kappa shape index (κ2) is 12.3. The van der Waals surface area contributed by atoms with Crippen LogP contribution in [0.1, 0.15) is 6.92 Å². The molecule has 0 spiro atoms. The van der Waals surface area contributed by atoms with Gasteiger partial charge in [-0.1, -0.05) is 18.2 Å². The Hall–Kier alpha value is -4.62. The first-order chi connectivity index (χ1) is 19.5. The van der Waals surface area contributed by atoms with E-state index in [1.165, 1.54) is 26.4 Å². The summed E-state index contributed by atoms with van der Waals surface area (Å²) >= 11 is 0. The molecule has 3 aromatic carbocycles. The van der Waals surface area contributed by atoms with E-state index in [-0.39, 0.29) is 29.2 Å². The molecule has 0 saturated carbocycles. The molecule has 12 nitrogen and oxygen atoms in total. The number of rotatable bonds is 12. The van der Waals surface area contributed by atoms with Gasteiger partial charge >= 0.3 is 0 Å². The first-order valence-corrected chi connectivity index (χ1v) is 14.1. The lowest BCUT2D eigenvalue weighted by atomic mass is 10.2. The molecule has 4 aromatic rings. The number of aromatic nitrogens is 2. The minimum Gasteiger partial charge on any atom is -0.497 e. The second-order valence-electron chi connectivity index (χ2n) is 9.43. The third-order valence-electron chi connectivity index (χ3n) is 6.40. The Labute approximate surface area is 239 Å². The number of para-hydroxylation sites is 2. The first-order valence-electron chi connectivity index (χ1n) is 12.6. The van der Waals surface area contributed by atoms with Crippen molar-refractivity contribution >= 4 is 50.0 Å². The molecule has 1 aromatic heterocycles. The number of primary amides is 1. The summed E-state index contributed by atoms with van der Waals surface area (Å²) in [6, 6.07) is 18.6. The fourth-order valence-corrected chi connectivity index (χ4v) is 5.12. The molecule has 4 rings (SSSR count). The summed E-state index contributed by atoms with van der Waals surface area (Å²) in [6.07, 6.45) is -0.240. The number of hydrogen-bond acceptors (Lipinski definition) is 10. The van der Waals surface area contributed by atoms with Gasteiger partial charge in [0.25, 0.3) is 10.0 Å². The smallest absolute Gasteiger partial charge is 0.263 e. The Morgan fingerprint density at radius 3 is 2.10 bits per heavy atom. The van der Waals surface area contributed by atoms with E-state index in [1.54, 1.807) is 53.4 Å². The van der Waals surface area contributed by atoms with Crippen LogP contribution in [0.2, 0.25) is 0 Å². The van der Waals surface area contributed by atoms with Crippen LogP contribution in [-0.4, -0.2) is 70.2 Å². The minimum atomic E-state index is -4.15. The molecule has 1 unspecified atom stereocenters. The molecular formula is C28H33N7O5S. The molecule has 216 valence electrons. The number of nitrogens with one attached hydrogen (secondary N) is 2. The van der Waals surface area contributed by atoms with Gasteiger partial charge in [0, 0.05) is 29.6 Å².